The summed E-state index contributed by atoms with van der Waals surface area (Å²) in [6.07, 6.45) is 3.65. The zero-order valence-corrected chi connectivity index (χ0v) is 14.7. The molecule has 5 nitrogen and oxygen atoms in total. The van der Waals surface area contributed by atoms with Crippen LogP contribution in [0.15, 0.2) is 35.7 Å². The maximum absolute atomic E-state index is 12.3. The zero-order chi connectivity index (χ0) is 17.2. The monoisotopic (exact) mass is 349 g/mol. The molecule has 0 spiro atoms. The fourth-order valence-corrected chi connectivity index (χ4v) is 4.61. The van der Waals surface area contributed by atoms with Crippen LogP contribution < -0.4 is 4.74 Å². The normalized spacial score (nSPS) is 23.4. The van der Waals surface area contributed by atoms with Gasteiger partial charge in [0.1, 0.15) is 11.9 Å². The number of aryl methyl sites for hydroxylation is 1. The number of para-hydroxylation sites is 1. The molecule has 2 aliphatic heterocycles. The number of rotatable bonds is 4. The summed E-state index contributed by atoms with van der Waals surface area (Å²) in [5, 5.41) is 1.23. The molecule has 0 N–H and O–H groups in total. The lowest BCUT2D eigenvalue weighted by molar-refractivity contribution is -0.133. The van der Waals surface area contributed by atoms with Crippen LogP contribution in [0.2, 0.25) is 0 Å². The van der Waals surface area contributed by atoms with Gasteiger partial charge in [-0.25, -0.2) is 8.42 Å². The molecule has 0 saturated carbocycles. The lowest BCUT2D eigenvalue weighted by atomic mass is 10.0. The molecular weight excluding hydrogens is 326 g/mol. The standard InChI is InChI=1S/C18H23NO4S/c1-14-4-2-3-5-17(14)23-16-6-9-19(10-7-16)18(20)12-15-8-11-24(21,22)13-15/h2-5,8,11,15-16H,6-7,9-10,12-13H2,1H3/t15-/m0/s1. The van der Waals surface area contributed by atoms with Gasteiger partial charge < -0.3 is 9.64 Å². The fourth-order valence-electron chi connectivity index (χ4n) is 3.21. The van der Waals surface area contributed by atoms with Crippen LogP contribution in [-0.2, 0) is 14.6 Å². The van der Waals surface area contributed by atoms with E-state index < -0.39 is 9.84 Å². The minimum Gasteiger partial charge on any atom is -0.490 e. The Morgan fingerprint density at radius 2 is 1.96 bits per heavy atom. The summed E-state index contributed by atoms with van der Waals surface area (Å²) < 4.78 is 28.9. The summed E-state index contributed by atoms with van der Waals surface area (Å²) in [7, 11) is -3.09. The smallest absolute Gasteiger partial charge is 0.223 e. The largest absolute Gasteiger partial charge is 0.490 e. The summed E-state index contributed by atoms with van der Waals surface area (Å²) in [5.41, 5.74) is 1.12. The Morgan fingerprint density at radius 3 is 2.58 bits per heavy atom. The maximum atomic E-state index is 12.3. The van der Waals surface area contributed by atoms with Gasteiger partial charge in [-0.3, -0.25) is 4.79 Å². The average Bonchev–Trinajstić information content (AvgIpc) is 2.89. The zero-order valence-electron chi connectivity index (χ0n) is 13.8. The van der Waals surface area contributed by atoms with Crippen LogP contribution in [0.5, 0.6) is 5.75 Å². The second-order valence-electron chi connectivity index (χ2n) is 6.59. The number of benzene rings is 1. The average molecular weight is 349 g/mol. The number of carbonyl (C=O) groups is 1. The van der Waals surface area contributed by atoms with E-state index in [0.29, 0.717) is 13.1 Å². The van der Waals surface area contributed by atoms with Gasteiger partial charge in [-0.1, -0.05) is 24.3 Å². The minimum absolute atomic E-state index is 0.0380. The highest BCUT2D eigenvalue weighted by Crippen LogP contribution is 2.24. The van der Waals surface area contributed by atoms with E-state index in [0.717, 1.165) is 24.2 Å². The Hall–Kier alpha value is -1.82. The Bertz CT molecular complexity index is 733. The molecule has 2 heterocycles. The number of hydrogen-bond acceptors (Lipinski definition) is 4. The first-order valence-corrected chi connectivity index (χ1v) is 10.1. The predicted octanol–water partition coefficient (Wildman–Crippen LogP) is 2.31. The van der Waals surface area contributed by atoms with Crippen molar-refractivity contribution in [2.45, 2.75) is 32.3 Å². The first-order chi connectivity index (χ1) is 11.4. The van der Waals surface area contributed by atoms with Crippen LogP contribution in [-0.4, -0.2) is 44.2 Å². The first-order valence-electron chi connectivity index (χ1n) is 8.34. The van der Waals surface area contributed by atoms with Gasteiger partial charge in [0.25, 0.3) is 0 Å². The maximum Gasteiger partial charge on any atom is 0.223 e. The molecule has 1 saturated heterocycles. The number of likely N-dealkylation sites (tertiary alicyclic amines) is 1. The molecule has 0 aromatic heterocycles. The van der Waals surface area contributed by atoms with Crippen LogP contribution in [0.25, 0.3) is 0 Å². The Balaban J connectivity index is 1.47. The molecule has 1 aromatic rings. The molecular formula is C18H23NO4S. The molecule has 1 aromatic carbocycles. The van der Waals surface area contributed by atoms with E-state index >= 15 is 0 Å². The number of nitrogens with zero attached hydrogens (tertiary/aromatic N) is 1. The summed E-state index contributed by atoms with van der Waals surface area (Å²) in [4.78, 5) is 14.2. The quantitative estimate of drug-likeness (QED) is 0.837. The number of carbonyl (C=O) groups excluding carboxylic acids is 1. The first kappa shape index (κ1) is 17.0. The number of hydrogen-bond donors (Lipinski definition) is 0. The lowest BCUT2D eigenvalue weighted by Gasteiger charge is -2.33. The van der Waals surface area contributed by atoms with Crippen molar-refractivity contribution in [2.75, 3.05) is 18.8 Å². The second-order valence-corrected chi connectivity index (χ2v) is 8.52. The van der Waals surface area contributed by atoms with E-state index in [4.69, 9.17) is 4.74 Å². The summed E-state index contributed by atoms with van der Waals surface area (Å²) in [6, 6.07) is 7.95. The molecule has 1 fully saturated rings. The molecule has 0 bridgehead atoms. The summed E-state index contributed by atoms with van der Waals surface area (Å²) >= 11 is 0. The molecule has 1 amide bonds. The van der Waals surface area contributed by atoms with Gasteiger partial charge in [-0.2, -0.15) is 0 Å². The van der Waals surface area contributed by atoms with Crippen molar-refractivity contribution in [3.63, 3.8) is 0 Å². The van der Waals surface area contributed by atoms with Crippen LogP contribution in [0, 0.1) is 12.8 Å². The van der Waals surface area contributed by atoms with Crippen LogP contribution in [0.4, 0.5) is 0 Å². The van der Waals surface area contributed by atoms with Gasteiger partial charge in [0.15, 0.2) is 9.84 Å². The number of piperidine rings is 1. The van der Waals surface area contributed by atoms with Crippen molar-refractivity contribution in [1.82, 2.24) is 4.90 Å². The highest BCUT2D eigenvalue weighted by molar-refractivity contribution is 7.94. The van der Waals surface area contributed by atoms with Crippen molar-refractivity contribution < 1.29 is 17.9 Å². The Morgan fingerprint density at radius 1 is 1.25 bits per heavy atom. The Kier molecular flexibility index (Phi) is 4.94. The van der Waals surface area contributed by atoms with Gasteiger partial charge >= 0.3 is 0 Å². The van der Waals surface area contributed by atoms with E-state index in [-0.39, 0.29) is 30.1 Å². The van der Waals surface area contributed by atoms with Gasteiger partial charge in [-0.05, 0) is 18.6 Å². The number of amides is 1. The van der Waals surface area contributed by atoms with Crippen molar-refractivity contribution >= 4 is 15.7 Å². The van der Waals surface area contributed by atoms with Crippen molar-refractivity contribution in [3.05, 3.63) is 41.3 Å². The molecule has 1 atom stereocenters. The van der Waals surface area contributed by atoms with Gasteiger partial charge in [0.05, 0.1) is 5.75 Å². The third-order valence-electron chi connectivity index (χ3n) is 4.62. The van der Waals surface area contributed by atoms with Gasteiger partial charge in [0.2, 0.25) is 5.91 Å². The van der Waals surface area contributed by atoms with E-state index in [1.165, 1.54) is 5.41 Å². The van der Waals surface area contributed by atoms with E-state index in [1.807, 2.05) is 36.1 Å². The highest BCUT2D eigenvalue weighted by atomic mass is 32.2. The summed E-state index contributed by atoms with van der Waals surface area (Å²) in [5.74, 6) is 0.828. The summed E-state index contributed by atoms with van der Waals surface area (Å²) in [6.45, 7) is 3.36. The molecule has 130 valence electrons. The van der Waals surface area contributed by atoms with E-state index in [1.54, 1.807) is 6.08 Å². The topological polar surface area (TPSA) is 63.7 Å². The van der Waals surface area contributed by atoms with Crippen LogP contribution in [0.1, 0.15) is 24.8 Å². The van der Waals surface area contributed by atoms with Crippen molar-refractivity contribution in [3.8, 4) is 5.75 Å². The van der Waals surface area contributed by atoms with Crippen LogP contribution in [0.3, 0.4) is 0 Å². The molecule has 6 heteroatoms. The van der Waals surface area contributed by atoms with Crippen molar-refractivity contribution in [1.29, 1.82) is 0 Å². The number of allylic oxidation sites excluding steroid dienone is 1. The second kappa shape index (κ2) is 6.97. The molecule has 0 aliphatic carbocycles. The molecule has 3 rings (SSSR count). The SMILES string of the molecule is Cc1ccccc1OC1CCN(C(=O)C[C@@H]2C=CS(=O)(=O)C2)CC1. The van der Waals surface area contributed by atoms with Crippen LogP contribution >= 0.6 is 0 Å². The minimum atomic E-state index is -3.09. The molecule has 2 aliphatic rings. The van der Waals surface area contributed by atoms with Gasteiger partial charge in [-0.15, -0.1) is 0 Å². The third-order valence-corrected chi connectivity index (χ3v) is 6.09. The lowest BCUT2D eigenvalue weighted by Crippen LogP contribution is -2.42. The van der Waals surface area contributed by atoms with Crippen molar-refractivity contribution in [2.24, 2.45) is 5.92 Å². The number of ether oxygens (including phenoxy) is 1. The molecule has 24 heavy (non-hydrogen) atoms. The van der Waals surface area contributed by atoms with E-state index in [9.17, 15) is 13.2 Å². The van der Waals surface area contributed by atoms with E-state index in [2.05, 4.69) is 0 Å². The molecule has 0 radical (unpaired) electrons. The third kappa shape index (κ3) is 4.17. The highest BCUT2D eigenvalue weighted by Gasteiger charge is 2.28. The molecule has 0 unspecified atom stereocenters. The number of sulfone groups is 1. The fraction of sp³-hybridized carbons (Fsp3) is 0.500. The Labute approximate surface area is 143 Å². The van der Waals surface area contributed by atoms with Gasteiger partial charge in [0, 0.05) is 43.7 Å². The predicted molar refractivity (Wildman–Crippen MR) is 92.4 cm³/mol.